The molecule has 3 amide bonds. The van der Waals surface area contributed by atoms with Crippen molar-refractivity contribution in [2.24, 2.45) is 5.73 Å². The molecule has 0 aliphatic carbocycles. The molecule has 9 nitrogen and oxygen atoms in total. The Bertz CT molecular complexity index is 364. The molecule has 9 heteroatoms. The van der Waals surface area contributed by atoms with Crippen LogP contribution in [0.5, 0.6) is 0 Å². The third-order valence-electron chi connectivity index (χ3n) is 3.08. The van der Waals surface area contributed by atoms with Gasteiger partial charge in [0.2, 0.25) is 17.7 Å². The van der Waals surface area contributed by atoms with E-state index < -0.39 is 11.8 Å². The van der Waals surface area contributed by atoms with Crippen molar-refractivity contribution in [3.63, 3.8) is 0 Å². The van der Waals surface area contributed by atoms with Crippen molar-refractivity contribution in [1.82, 2.24) is 26.2 Å². The second-order valence-electron chi connectivity index (χ2n) is 5.22. The number of nitrogens with one attached hydrogen (secondary N) is 4. The fourth-order valence-corrected chi connectivity index (χ4v) is 1.77. The minimum atomic E-state index is -0.425. The normalized spacial score (nSPS) is 10.4. The van der Waals surface area contributed by atoms with E-state index in [2.05, 4.69) is 26.2 Å². The van der Waals surface area contributed by atoms with Gasteiger partial charge in [-0.05, 0) is 46.6 Å². The third kappa shape index (κ3) is 13.7. The van der Waals surface area contributed by atoms with Crippen molar-refractivity contribution in [3.05, 3.63) is 0 Å². The Morgan fingerprint density at radius 2 is 1.39 bits per heavy atom. The van der Waals surface area contributed by atoms with Gasteiger partial charge >= 0.3 is 0 Å². The van der Waals surface area contributed by atoms with Crippen LogP contribution in [0, 0.1) is 0 Å². The first kappa shape index (κ1) is 21.3. The Kier molecular flexibility index (Phi) is 12.9. The third-order valence-corrected chi connectivity index (χ3v) is 3.08. The molecule has 0 atom stereocenters. The zero-order chi connectivity index (χ0) is 17.5. The molecule has 0 bridgehead atoms. The number of rotatable bonds is 13. The lowest BCUT2D eigenvalue weighted by Crippen LogP contribution is -2.43. The zero-order valence-electron chi connectivity index (χ0n) is 14.1. The molecule has 0 fully saturated rings. The molecule has 0 aliphatic rings. The van der Waals surface area contributed by atoms with Crippen LogP contribution in [0.1, 0.15) is 12.8 Å². The average Bonchev–Trinajstić information content (AvgIpc) is 2.54. The lowest BCUT2D eigenvalue weighted by atomic mass is 10.3. The zero-order valence-corrected chi connectivity index (χ0v) is 14.1. The molecule has 0 unspecified atom stereocenters. The van der Waals surface area contributed by atoms with Crippen molar-refractivity contribution in [3.8, 4) is 0 Å². The topological polar surface area (TPSA) is 129 Å². The maximum atomic E-state index is 11.5. The van der Waals surface area contributed by atoms with Gasteiger partial charge < -0.3 is 31.9 Å². The van der Waals surface area contributed by atoms with Crippen LogP contribution in [0.2, 0.25) is 0 Å². The quantitative estimate of drug-likeness (QED) is 0.233. The Hall–Kier alpha value is -1.71. The second-order valence-corrected chi connectivity index (χ2v) is 5.22. The molecule has 0 aliphatic heterocycles. The van der Waals surface area contributed by atoms with Crippen LogP contribution >= 0.6 is 0 Å². The molecular formula is C14H30N6O3. The van der Waals surface area contributed by atoms with Crippen LogP contribution in [-0.2, 0) is 14.4 Å². The number of hydrogen-bond acceptors (Lipinski definition) is 6. The molecule has 0 saturated heterocycles. The summed E-state index contributed by atoms with van der Waals surface area (Å²) >= 11 is 0. The summed E-state index contributed by atoms with van der Waals surface area (Å²) in [5, 5.41) is 10.6. The van der Waals surface area contributed by atoms with Gasteiger partial charge in [-0.3, -0.25) is 14.4 Å². The molecule has 0 spiro atoms. The number of hydrogen-bond donors (Lipinski definition) is 5. The van der Waals surface area contributed by atoms with Gasteiger partial charge in [0.25, 0.3) is 0 Å². The summed E-state index contributed by atoms with van der Waals surface area (Å²) in [7, 11) is 3.98. The summed E-state index contributed by atoms with van der Waals surface area (Å²) in [6.45, 7) is 3.02. The molecule has 0 aromatic heterocycles. The van der Waals surface area contributed by atoms with Gasteiger partial charge in [0.1, 0.15) is 0 Å². The number of nitrogens with zero attached hydrogens (tertiary/aromatic N) is 1. The van der Waals surface area contributed by atoms with E-state index in [1.807, 2.05) is 14.1 Å². The summed E-state index contributed by atoms with van der Waals surface area (Å²) in [4.78, 5) is 36.0. The van der Waals surface area contributed by atoms with Gasteiger partial charge in [-0.2, -0.15) is 0 Å². The first-order valence-corrected chi connectivity index (χ1v) is 7.83. The van der Waals surface area contributed by atoms with Crippen molar-refractivity contribution >= 4 is 17.7 Å². The SMILES string of the molecule is CNCCCN(C)CCCNC(=O)CNC(=O)CNC(=O)CN. The van der Waals surface area contributed by atoms with Crippen molar-refractivity contribution in [2.45, 2.75) is 12.8 Å². The van der Waals surface area contributed by atoms with Gasteiger partial charge in [0.15, 0.2) is 0 Å². The molecule has 0 aromatic rings. The summed E-state index contributed by atoms with van der Waals surface area (Å²) in [6.07, 6.45) is 1.94. The summed E-state index contributed by atoms with van der Waals surface area (Å²) in [5.41, 5.74) is 5.09. The van der Waals surface area contributed by atoms with Crippen molar-refractivity contribution < 1.29 is 14.4 Å². The number of carbonyl (C=O) groups is 3. The standard InChI is InChI=1S/C14H30N6O3/c1-16-5-3-7-20(2)8-4-6-17-13(22)10-19-14(23)11-18-12(21)9-15/h16H,3-11,15H2,1-2H3,(H,17,22)(H,18,21)(H,19,23). The Balaban J connectivity index is 3.56. The van der Waals surface area contributed by atoms with E-state index >= 15 is 0 Å². The Labute approximate surface area is 137 Å². The van der Waals surface area contributed by atoms with Crippen LogP contribution in [0.4, 0.5) is 0 Å². The van der Waals surface area contributed by atoms with E-state index in [1.54, 1.807) is 0 Å². The lowest BCUT2D eigenvalue weighted by molar-refractivity contribution is -0.127. The largest absolute Gasteiger partial charge is 0.355 e. The van der Waals surface area contributed by atoms with E-state index in [0.717, 1.165) is 32.5 Å². The maximum absolute atomic E-state index is 11.5. The average molecular weight is 330 g/mol. The molecule has 0 aromatic carbocycles. The van der Waals surface area contributed by atoms with Crippen LogP contribution in [0.25, 0.3) is 0 Å². The molecule has 6 N–H and O–H groups in total. The van der Waals surface area contributed by atoms with Crippen molar-refractivity contribution in [2.75, 3.05) is 59.9 Å². The smallest absolute Gasteiger partial charge is 0.239 e. The molecule has 23 heavy (non-hydrogen) atoms. The lowest BCUT2D eigenvalue weighted by Gasteiger charge is -2.16. The highest BCUT2D eigenvalue weighted by Gasteiger charge is 2.06. The minimum absolute atomic E-state index is 0.102. The fourth-order valence-electron chi connectivity index (χ4n) is 1.77. The first-order valence-electron chi connectivity index (χ1n) is 7.83. The summed E-state index contributed by atoms with van der Waals surface area (Å²) in [5.74, 6) is -1.09. The summed E-state index contributed by atoms with van der Waals surface area (Å²) < 4.78 is 0. The summed E-state index contributed by atoms with van der Waals surface area (Å²) in [6, 6.07) is 0. The minimum Gasteiger partial charge on any atom is -0.355 e. The highest BCUT2D eigenvalue weighted by molar-refractivity contribution is 5.88. The van der Waals surface area contributed by atoms with E-state index in [4.69, 9.17) is 5.73 Å². The van der Waals surface area contributed by atoms with Gasteiger partial charge in [-0.1, -0.05) is 0 Å². The Morgan fingerprint density at radius 3 is 1.96 bits per heavy atom. The van der Waals surface area contributed by atoms with Crippen LogP contribution in [0.3, 0.4) is 0 Å². The number of carbonyl (C=O) groups excluding carboxylic acids is 3. The van der Waals surface area contributed by atoms with Gasteiger partial charge in [0, 0.05) is 6.54 Å². The fraction of sp³-hybridized carbons (Fsp3) is 0.786. The maximum Gasteiger partial charge on any atom is 0.239 e. The van der Waals surface area contributed by atoms with Gasteiger partial charge in [-0.25, -0.2) is 0 Å². The second kappa shape index (κ2) is 13.9. The van der Waals surface area contributed by atoms with E-state index in [-0.39, 0.29) is 25.5 Å². The molecule has 0 radical (unpaired) electrons. The van der Waals surface area contributed by atoms with Crippen LogP contribution in [-0.4, -0.2) is 82.5 Å². The highest BCUT2D eigenvalue weighted by atomic mass is 16.2. The van der Waals surface area contributed by atoms with E-state index in [0.29, 0.717) is 6.54 Å². The van der Waals surface area contributed by atoms with Crippen LogP contribution in [0.15, 0.2) is 0 Å². The van der Waals surface area contributed by atoms with Crippen LogP contribution < -0.4 is 27.0 Å². The van der Waals surface area contributed by atoms with Crippen molar-refractivity contribution in [1.29, 1.82) is 0 Å². The monoisotopic (exact) mass is 330 g/mol. The highest BCUT2D eigenvalue weighted by Crippen LogP contribution is 1.89. The number of amides is 3. The number of nitrogens with two attached hydrogens (primary N) is 1. The molecule has 0 rings (SSSR count). The molecule has 0 heterocycles. The van der Waals surface area contributed by atoms with Gasteiger partial charge in [0.05, 0.1) is 19.6 Å². The van der Waals surface area contributed by atoms with E-state index in [9.17, 15) is 14.4 Å². The molecular weight excluding hydrogens is 300 g/mol. The molecule has 0 saturated carbocycles. The Morgan fingerprint density at radius 1 is 0.870 bits per heavy atom. The molecule has 134 valence electrons. The van der Waals surface area contributed by atoms with E-state index in [1.165, 1.54) is 0 Å². The first-order chi connectivity index (χ1) is 11.0. The van der Waals surface area contributed by atoms with Gasteiger partial charge in [-0.15, -0.1) is 0 Å². The predicted octanol–water partition coefficient (Wildman–Crippen LogP) is -2.77. The predicted molar refractivity (Wildman–Crippen MR) is 88.7 cm³/mol.